The molecule has 0 atom stereocenters. The van der Waals surface area contributed by atoms with Gasteiger partial charge in [0.25, 0.3) is 5.16 Å². The van der Waals surface area contributed by atoms with E-state index in [1.165, 1.54) is 17.8 Å². The van der Waals surface area contributed by atoms with Gasteiger partial charge < -0.3 is 4.90 Å². The van der Waals surface area contributed by atoms with Crippen LogP contribution in [0, 0.1) is 13.8 Å². The molecule has 0 radical (unpaired) electrons. The number of benzene rings is 3. The number of aryl methyl sites for hydroxylation is 2. The van der Waals surface area contributed by atoms with Gasteiger partial charge in [0.15, 0.2) is 0 Å². The van der Waals surface area contributed by atoms with E-state index in [0.29, 0.717) is 16.9 Å². The van der Waals surface area contributed by atoms with Gasteiger partial charge in [0, 0.05) is 24.6 Å². The molecule has 0 unspecified atom stereocenters. The zero-order chi connectivity index (χ0) is 31.2. The molecule has 0 spiro atoms. The van der Waals surface area contributed by atoms with Crippen LogP contribution >= 0.6 is 22.9 Å². The van der Waals surface area contributed by atoms with Crippen molar-refractivity contribution in [3.63, 3.8) is 0 Å². The molecule has 1 aliphatic rings. The number of anilines is 1. The van der Waals surface area contributed by atoms with Crippen molar-refractivity contribution in [3.05, 3.63) is 95.6 Å². The first-order valence-corrected chi connectivity index (χ1v) is 17.5. The van der Waals surface area contributed by atoms with Gasteiger partial charge in [-0.2, -0.15) is 19.6 Å². The second-order valence-electron chi connectivity index (χ2n) is 10.5. The maximum atomic E-state index is 12.7. The number of rotatable bonds is 10. The van der Waals surface area contributed by atoms with Crippen LogP contribution in [0.1, 0.15) is 29.5 Å². The van der Waals surface area contributed by atoms with Crippen LogP contribution in [0.5, 0.6) is 0 Å². The van der Waals surface area contributed by atoms with Crippen LogP contribution in [0.4, 0.5) is 37.9 Å². The summed E-state index contributed by atoms with van der Waals surface area (Å²) in [6.45, 7) is 6.07. The molecule has 0 N–H and O–H groups in total. The zero-order valence-corrected chi connectivity index (χ0v) is 27.1. The fourth-order valence-electron chi connectivity index (χ4n) is 4.65. The normalized spacial score (nSPS) is 14.0. The summed E-state index contributed by atoms with van der Waals surface area (Å²) >= 11 is 2.54. The number of thiophene rings is 1. The number of nitrogens with zero attached hydrogens (tertiary/aromatic N) is 9. The van der Waals surface area contributed by atoms with E-state index in [4.69, 9.17) is 0 Å². The summed E-state index contributed by atoms with van der Waals surface area (Å²) in [7, 11) is -3.69. The Bertz CT molecular complexity index is 2000. The van der Waals surface area contributed by atoms with Gasteiger partial charge in [-0.15, -0.1) is 20.5 Å². The Morgan fingerprint density at radius 1 is 0.756 bits per heavy atom. The minimum absolute atomic E-state index is 0.158. The van der Waals surface area contributed by atoms with Crippen molar-refractivity contribution in [3.8, 4) is 0 Å². The van der Waals surface area contributed by atoms with Crippen molar-refractivity contribution < 1.29 is 8.42 Å². The summed E-state index contributed by atoms with van der Waals surface area (Å²) in [6, 6.07) is 24.1. The summed E-state index contributed by atoms with van der Waals surface area (Å²) in [5, 5.41) is 28.1. The molecule has 0 aliphatic carbocycles. The van der Waals surface area contributed by atoms with Crippen LogP contribution in [0.15, 0.2) is 115 Å². The summed E-state index contributed by atoms with van der Waals surface area (Å²) in [6.07, 6.45) is 2.49. The molecule has 11 nitrogen and oxygen atoms in total. The second kappa shape index (κ2) is 13.6. The third kappa shape index (κ3) is 7.77. The molecule has 45 heavy (non-hydrogen) atoms. The van der Waals surface area contributed by atoms with E-state index in [1.54, 1.807) is 47.7 Å². The minimum Gasteiger partial charge on any atom is -0.363 e. The van der Waals surface area contributed by atoms with Crippen LogP contribution in [-0.4, -0.2) is 30.9 Å². The van der Waals surface area contributed by atoms with Gasteiger partial charge in [0.1, 0.15) is 5.00 Å². The van der Waals surface area contributed by atoms with Crippen molar-refractivity contribution >= 4 is 70.6 Å². The Morgan fingerprint density at radius 2 is 1.40 bits per heavy atom. The standard InChI is InChI=1S/C31H29N9O2S3/c1-21-19-25(34-37-28-14-15-29(43-28)40-16-6-7-17-40)11-12-26(21)35-33-24-10-13-27(22(2)18-24)36-38-30-32-31(39-44-30)45(41,42)20-23-8-4-3-5-9-23/h3-5,8-15,18-19H,6-7,16-17,20H2,1-2H3/b35-33+,37-34+,38-36+. The quantitative estimate of drug-likeness (QED) is 0.138. The Morgan fingerprint density at radius 3 is 2.07 bits per heavy atom. The predicted molar refractivity (Wildman–Crippen MR) is 178 cm³/mol. The number of hydrogen-bond donors (Lipinski definition) is 0. The molecule has 2 aromatic heterocycles. The van der Waals surface area contributed by atoms with Crippen LogP contribution in [0.25, 0.3) is 0 Å². The average molecular weight is 656 g/mol. The molecule has 0 saturated carbocycles. The largest absolute Gasteiger partial charge is 0.363 e. The SMILES string of the molecule is Cc1cc(/N=N/c2ccc(N3CCCC3)s2)ccc1/N=N/c1ccc(/N=N/c2nc(S(=O)(=O)Cc3ccccc3)ns2)c(C)c1. The molecule has 1 fully saturated rings. The third-order valence-electron chi connectivity index (χ3n) is 7.01. The number of azo groups is 3. The van der Waals surface area contributed by atoms with Crippen LogP contribution < -0.4 is 4.90 Å². The summed E-state index contributed by atoms with van der Waals surface area (Å²) in [5.41, 5.74) is 5.17. The van der Waals surface area contributed by atoms with Gasteiger partial charge in [0.2, 0.25) is 15.0 Å². The summed E-state index contributed by atoms with van der Waals surface area (Å²) in [5.74, 6) is -0.180. The molecule has 6 rings (SSSR count). The fourth-order valence-corrected chi connectivity index (χ4v) is 7.54. The molecule has 5 aromatic rings. The lowest BCUT2D eigenvalue weighted by Gasteiger charge is -2.13. The first-order chi connectivity index (χ1) is 21.8. The molecule has 3 aromatic carbocycles. The highest BCUT2D eigenvalue weighted by Crippen LogP contribution is 2.35. The van der Waals surface area contributed by atoms with Gasteiger partial charge in [-0.3, -0.25) is 0 Å². The van der Waals surface area contributed by atoms with Gasteiger partial charge >= 0.3 is 0 Å². The topological polar surface area (TPSA) is 137 Å². The van der Waals surface area contributed by atoms with E-state index in [-0.39, 0.29) is 16.0 Å². The molecular weight excluding hydrogens is 627 g/mol. The van der Waals surface area contributed by atoms with Gasteiger partial charge in [0.05, 0.1) is 33.5 Å². The lowest BCUT2D eigenvalue weighted by atomic mass is 10.2. The predicted octanol–water partition coefficient (Wildman–Crippen LogP) is 10.0. The minimum atomic E-state index is -3.69. The number of aromatic nitrogens is 2. The molecule has 1 saturated heterocycles. The Hall–Kier alpha value is -4.53. The van der Waals surface area contributed by atoms with Crippen molar-refractivity contribution in [1.82, 2.24) is 9.36 Å². The van der Waals surface area contributed by atoms with Crippen LogP contribution in [0.2, 0.25) is 0 Å². The summed E-state index contributed by atoms with van der Waals surface area (Å²) in [4.78, 5) is 6.47. The maximum absolute atomic E-state index is 12.7. The third-order valence-corrected chi connectivity index (χ3v) is 10.2. The van der Waals surface area contributed by atoms with E-state index in [2.05, 4.69) is 51.0 Å². The first-order valence-electron chi connectivity index (χ1n) is 14.2. The maximum Gasteiger partial charge on any atom is 0.261 e. The highest BCUT2D eigenvalue weighted by molar-refractivity contribution is 7.90. The molecule has 14 heteroatoms. The summed E-state index contributed by atoms with van der Waals surface area (Å²) < 4.78 is 29.4. The van der Waals surface area contributed by atoms with Crippen molar-refractivity contribution in [1.29, 1.82) is 0 Å². The fraction of sp³-hybridized carbons (Fsp3) is 0.226. The molecule has 0 bridgehead atoms. The Balaban J connectivity index is 1.07. The van der Waals surface area contributed by atoms with Crippen molar-refractivity contribution in [2.24, 2.45) is 30.7 Å². The highest BCUT2D eigenvalue weighted by Gasteiger charge is 2.21. The lowest BCUT2D eigenvalue weighted by molar-refractivity contribution is 0.588. The molecule has 3 heterocycles. The number of hydrogen-bond acceptors (Lipinski definition) is 13. The molecule has 1 aliphatic heterocycles. The average Bonchev–Trinajstić information content (AvgIpc) is 3.82. The molecule has 228 valence electrons. The smallest absolute Gasteiger partial charge is 0.261 e. The van der Waals surface area contributed by atoms with Crippen molar-refractivity contribution in [2.45, 2.75) is 37.6 Å². The van der Waals surface area contributed by atoms with E-state index < -0.39 is 9.84 Å². The number of sulfone groups is 1. The Labute approximate surface area is 269 Å². The van der Waals surface area contributed by atoms with Crippen LogP contribution in [-0.2, 0) is 15.6 Å². The van der Waals surface area contributed by atoms with Gasteiger partial charge in [-0.05, 0) is 91.9 Å². The van der Waals surface area contributed by atoms with E-state index in [1.807, 2.05) is 50.2 Å². The van der Waals surface area contributed by atoms with Crippen LogP contribution in [0.3, 0.4) is 0 Å². The first kappa shape index (κ1) is 30.5. The van der Waals surface area contributed by atoms with E-state index in [9.17, 15) is 8.42 Å². The highest BCUT2D eigenvalue weighted by atomic mass is 32.2. The van der Waals surface area contributed by atoms with E-state index in [0.717, 1.165) is 52.1 Å². The van der Waals surface area contributed by atoms with Crippen molar-refractivity contribution in [2.75, 3.05) is 18.0 Å². The zero-order valence-electron chi connectivity index (χ0n) is 24.6. The Kier molecular flexibility index (Phi) is 9.23. The molecule has 0 amide bonds. The van der Waals surface area contributed by atoms with Gasteiger partial charge in [-0.1, -0.05) is 41.7 Å². The lowest BCUT2D eigenvalue weighted by Crippen LogP contribution is -2.15. The second-order valence-corrected chi connectivity index (χ2v) is 14.1. The molecular formula is C31H29N9O2S3. The van der Waals surface area contributed by atoms with Gasteiger partial charge in [-0.25, -0.2) is 8.42 Å². The monoisotopic (exact) mass is 655 g/mol. The van der Waals surface area contributed by atoms with E-state index >= 15 is 0 Å².